The minimum atomic E-state index is -3.09. The molecule has 1 saturated carbocycles. The Morgan fingerprint density at radius 1 is 1.29 bits per heavy atom. The van der Waals surface area contributed by atoms with Crippen LogP contribution in [0.25, 0.3) is 0 Å². The lowest BCUT2D eigenvalue weighted by molar-refractivity contribution is 0.131. The molecule has 100 valence electrons. The Bertz CT molecular complexity index is 349. The summed E-state index contributed by atoms with van der Waals surface area (Å²) in [4.78, 5) is 0. The van der Waals surface area contributed by atoms with Crippen molar-refractivity contribution in [3.63, 3.8) is 0 Å². The molecule has 1 aliphatic heterocycles. The van der Waals surface area contributed by atoms with Crippen molar-refractivity contribution in [1.82, 2.24) is 4.31 Å². The van der Waals surface area contributed by atoms with Gasteiger partial charge < -0.3 is 5.11 Å². The first kappa shape index (κ1) is 13.3. The fourth-order valence-electron chi connectivity index (χ4n) is 2.65. The molecule has 1 saturated heterocycles. The zero-order chi connectivity index (χ0) is 12.5. The van der Waals surface area contributed by atoms with Crippen molar-refractivity contribution in [2.24, 2.45) is 5.92 Å². The van der Waals surface area contributed by atoms with Crippen LogP contribution in [-0.4, -0.2) is 42.3 Å². The van der Waals surface area contributed by atoms with E-state index in [9.17, 15) is 13.5 Å². The third-order valence-corrected chi connectivity index (χ3v) is 5.77. The van der Waals surface area contributed by atoms with E-state index in [1.807, 2.05) is 0 Å². The van der Waals surface area contributed by atoms with Crippen molar-refractivity contribution in [3.05, 3.63) is 0 Å². The Hall–Kier alpha value is -0.130. The average molecular weight is 261 g/mol. The molecule has 0 aromatic heterocycles. The molecule has 0 aromatic carbocycles. The molecule has 1 heterocycles. The molecule has 5 heteroatoms. The lowest BCUT2D eigenvalue weighted by Gasteiger charge is -2.35. The molecule has 0 bridgehead atoms. The highest BCUT2D eigenvalue weighted by Crippen LogP contribution is 2.33. The second kappa shape index (κ2) is 5.24. The quantitative estimate of drug-likeness (QED) is 0.813. The zero-order valence-electron chi connectivity index (χ0n) is 10.5. The van der Waals surface area contributed by atoms with Crippen molar-refractivity contribution in [2.75, 3.05) is 12.3 Å². The SMILES string of the molecule is CC(O)CC1CCCCN1S(=O)(=O)CC1CC1. The molecule has 17 heavy (non-hydrogen) atoms. The first-order valence-electron chi connectivity index (χ1n) is 6.66. The maximum atomic E-state index is 12.3. The van der Waals surface area contributed by atoms with Crippen LogP contribution in [0.15, 0.2) is 0 Å². The number of nitrogens with zero attached hydrogens (tertiary/aromatic N) is 1. The summed E-state index contributed by atoms with van der Waals surface area (Å²) < 4.78 is 26.2. The number of piperidine rings is 1. The van der Waals surface area contributed by atoms with Gasteiger partial charge in [-0.05, 0) is 44.9 Å². The monoisotopic (exact) mass is 261 g/mol. The van der Waals surface area contributed by atoms with Gasteiger partial charge in [0.1, 0.15) is 0 Å². The molecule has 0 spiro atoms. The standard InChI is InChI=1S/C12H23NO3S/c1-10(14)8-12-4-2-3-7-13(12)17(15,16)9-11-5-6-11/h10-12,14H,2-9H2,1H3. The number of aliphatic hydroxyl groups excluding tert-OH is 1. The molecule has 0 radical (unpaired) electrons. The molecule has 1 N–H and O–H groups in total. The molecular formula is C12H23NO3S. The molecule has 2 rings (SSSR count). The van der Waals surface area contributed by atoms with Crippen molar-refractivity contribution in [2.45, 2.75) is 57.6 Å². The third kappa shape index (κ3) is 3.66. The van der Waals surface area contributed by atoms with Gasteiger partial charge in [-0.1, -0.05) is 6.42 Å². The van der Waals surface area contributed by atoms with Crippen LogP contribution in [0.5, 0.6) is 0 Å². The summed E-state index contributed by atoms with van der Waals surface area (Å²) in [7, 11) is -3.09. The molecule has 4 nitrogen and oxygen atoms in total. The predicted molar refractivity (Wildman–Crippen MR) is 67.2 cm³/mol. The fourth-order valence-corrected chi connectivity index (χ4v) is 4.82. The Kier molecular flexibility index (Phi) is 4.10. The van der Waals surface area contributed by atoms with Crippen molar-refractivity contribution in [1.29, 1.82) is 0 Å². The number of sulfonamides is 1. The molecule has 2 fully saturated rings. The maximum absolute atomic E-state index is 12.3. The lowest BCUT2D eigenvalue weighted by Crippen LogP contribution is -2.46. The van der Waals surface area contributed by atoms with Crippen LogP contribution in [0.4, 0.5) is 0 Å². The first-order valence-corrected chi connectivity index (χ1v) is 8.27. The van der Waals surface area contributed by atoms with Crippen LogP contribution in [0, 0.1) is 5.92 Å². The van der Waals surface area contributed by atoms with Gasteiger partial charge in [0, 0.05) is 12.6 Å². The molecule has 1 aliphatic carbocycles. The largest absolute Gasteiger partial charge is 0.393 e. The van der Waals surface area contributed by atoms with Gasteiger partial charge in [0.05, 0.1) is 11.9 Å². The molecule has 2 unspecified atom stereocenters. The Morgan fingerprint density at radius 3 is 2.59 bits per heavy atom. The summed E-state index contributed by atoms with van der Waals surface area (Å²) in [5.74, 6) is 0.720. The number of hydrogen-bond donors (Lipinski definition) is 1. The Morgan fingerprint density at radius 2 is 2.00 bits per heavy atom. The van der Waals surface area contributed by atoms with Gasteiger partial charge in [0.15, 0.2) is 0 Å². The van der Waals surface area contributed by atoms with E-state index >= 15 is 0 Å². The highest BCUT2D eigenvalue weighted by molar-refractivity contribution is 7.89. The average Bonchev–Trinajstić information content (AvgIpc) is 3.00. The second-order valence-electron chi connectivity index (χ2n) is 5.57. The zero-order valence-corrected chi connectivity index (χ0v) is 11.3. The molecule has 0 amide bonds. The lowest BCUT2D eigenvalue weighted by atomic mass is 10.00. The van der Waals surface area contributed by atoms with E-state index in [2.05, 4.69) is 0 Å². The van der Waals surface area contributed by atoms with Crippen molar-refractivity contribution >= 4 is 10.0 Å². The van der Waals surface area contributed by atoms with E-state index in [1.54, 1.807) is 11.2 Å². The fraction of sp³-hybridized carbons (Fsp3) is 1.00. The van der Waals surface area contributed by atoms with E-state index < -0.39 is 16.1 Å². The molecule has 0 aromatic rings. The minimum absolute atomic E-state index is 0.0208. The first-order chi connectivity index (χ1) is 7.99. The topological polar surface area (TPSA) is 57.6 Å². The molecule has 2 atom stereocenters. The smallest absolute Gasteiger partial charge is 0.214 e. The van der Waals surface area contributed by atoms with Gasteiger partial charge in [-0.3, -0.25) is 0 Å². The van der Waals surface area contributed by atoms with Gasteiger partial charge in [0.25, 0.3) is 0 Å². The van der Waals surface area contributed by atoms with Crippen molar-refractivity contribution in [3.8, 4) is 0 Å². The van der Waals surface area contributed by atoms with Gasteiger partial charge >= 0.3 is 0 Å². The molecular weight excluding hydrogens is 238 g/mol. The van der Waals surface area contributed by atoms with Gasteiger partial charge in [-0.25, -0.2) is 8.42 Å². The van der Waals surface area contributed by atoms with Crippen LogP contribution in [0.1, 0.15) is 45.4 Å². The van der Waals surface area contributed by atoms with Crippen LogP contribution >= 0.6 is 0 Å². The Labute approximate surface area is 104 Å². The van der Waals surface area contributed by atoms with Gasteiger partial charge in [-0.15, -0.1) is 0 Å². The van der Waals surface area contributed by atoms with Crippen LogP contribution in [-0.2, 0) is 10.0 Å². The summed E-state index contributed by atoms with van der Waals surface area (Å²) in [5, 5.41) is 9.46. The van der Waals surface area contributed by atoms with E-state index in [4.69, 9.17) is 0 Å². The highest BCUT2D eigenvalue weighted by atomic mass is 32.2. The summed E-state index contributed by atoms with van der Waals surface area (Å²) in [6.07, 6.45) is 5.21. The van der Waals surface area contributed by atoms with Crippen LogP contribution in [0.2, 0.25) is 0 Å². The summed E-state index contributed by atoms with van der Waals surface area (Å²) in [6.45, 7) is 2.38. The maximum Gasteiger partial charge on any atom is 0.214 e. The van der Waals surface area contributed by atoms with Crippen LogP contribution < -0.4 is 0 Å². The normalized spacial score (nSPS) is 29.2. The van der Waals surface area contributed by atoms with E-state index in [1.165, 1.54) is 0 Å². The van der Waals surface area contributed by atoms with E-state index in [-0.39, 0.29) is 6.04 Å². The van der Waals surface area contributed by atoms with Gasteiger partial charge in [-0.2, -0.15) is 4.31 Å². The van der Waals surface area contributed by atoms with Crippen LogP contribution in [0.3, 0.4) is 0 Å². The minimum Gasteiger partial charge on any atom is -0.393 e. The number of hydrogen-bond acceptors (Lipinski definition) is 3. The highest BCUT2D eigenvalue weighted by Gasteiger charge is 2.36. The second-order valence-corrected chi connectivity index (χ2v) is 7.53. The summed E-state index contributed by atoms with van der Waals surface area (Å²) in [6, 6.07) is 0.0208. The number of aliphatic hydroxyl groups is 1. The third-order valence-electron chi connectivity index (χ3n) is 3.69. The predicted octanol–water partition coefficient (Wildman–Crippen LogP) is 1.35. The van der Waals surface area contributed by atoms with E-state index in [0.29, 0.717) is 24.6 Å². The number of rotatable bonds is 5. The van der Waals surface area contributed by atoms with Gasteiger partial charge in [0.2, 0.25) is 10.0 Å². The Balaban J connectivity index is 2.03. The van der Waals surface area contributed by atoms with Crippen molar-refractivity contribution < 1.29 is 13.5 Å². The summed E-state index contributed by atoms with van der Waals surface area (Å²) in [5.41, 5.74) is 0. The molecule has 2 aliphatic rings. The van der Waals surface area contributed by atoms with E-state index in [0.717, 1.165) is 32.1 Å². The summed E-state index contributed by atoms with van der Waals surface area (Å²) >= 11 is 0.